The number of phenols is 2. The molecular formula is C21H10Cl2O7. The van der Waals surface area contributed by atoms with Crippen molar-refractivity contribution >= 4 is 35.1 Å². The van der Waals surface area contributed by atoms with Crippen molar-refractivity contribution in [3.05, 3.63) is 80.3 Å². The van der Waals surface area contributed by atoms with Crippen LogP contribution >= 0.6 is 23.2 Å². The third-order valence-corrected chi connectivity index (χ3v) is 5.79. The van der Waals surface area contributed by atoms with Crippen molar-refractivity contribution in [3.63, 3.8) is 0 Å². The number of carbonyl (C=O) groups is 2. The molecule has 0 atom stereocenters. The van der Waals surface area contributed by atoms with Gasteiger partial charge in [0.15, 0.2) is 5.60 Å². The standard InChI is InChI=1S/C21H10Cl2O7/c22-13-4-11-17(6-15(13)24)29-18-7-16(25)14(23)5-12(18)21(11)10-2-1-8(19(26)27)3-9(10)20(28)30-21/h1-7,24-25H,(H,26,27). The number of halogens is 2. The average molecular weight is 445 g/mol. The lowest BCUT2D eigenvalue weighted by molar-refractivity contribution is 0.0224. The monoisotopic (exact) mass is 444 g/mol. The molecule has 0 radical (unpaired) electrons. The molecule has 0 saturated heterocycles. The Balaban J connectivity index is 1.90. The molecular weight excluding hydrogens is 435 g/mol. The number of carboxylic acids is 1. The number of phenolic OH excluding ortho intramolecular Hbond substituents is 2. The van der Waals surface area contributed by atoms with Gasteiger partial charge in [0, 0.05) is 28.8 Å². The number of hydrogen-bond donors (Lipinski definition) is 3. The highest BCUT2D eigenvalue weighted by Gasteiger charge is 2.54. The number of carbonyl (C=O) groups excluding carboxylic acids is 1. The molecule has 3 N–H and O–H groups in total. The second-order valence-electron chi connectivity index (χ2n) is 6.84. The van der Waals surface area contributed by atoms with E-state index in [1.165, 1.54) is 42.5 Å². The summed E-state index contributed by atoms with van der Waals surface area (Å²) in [5, 5.41) is 29.4. The van der Waals surface area contributed by atoms with Gasteiger partial charge in [0.25, 0.3) is 0 Å². The Morgan fingerprint density at radius 3 is 1.97 bits per heavy atom. The zero-order valence-electron chi connectivity index (χ0n) is 14.8. The predicted molar refractivity (Wildman–Crippen MR) is 105 cm³/mol. The summed E-state index contributed by atoms with van der Waals surface area (Å²) >= 11 is 12.3. The summed E-state index contributed by atoms with van der Waals surface area (Å²) < 4.78 is 11.7. The van der Waals surface area contributed by atoms with Gasteiger partial charge >= 0.3 is 11.9 Å². The Morgan fingerprint density at radius 1 is 0.867 bits per heavy atom. The van der Waals surface area contributed by atoms with E-state index in [9.17, 15) is 24.9 Å². The van der Waals surface area contributed by atoms with Crippen LogP contribution in [0.2, 0.25) is 10.0 Å². The summed E-state index contributed by atoms with van der Waals surface area (Å²) in [5.41, 5.74) is -0.609. The van der Waals surface area contributed by atoms with Gasteiger partial charge in [-0.15, -0.1) is 0 Å². The first kappa shape index (κ1) is 18.6. The second-order valence-corrected chi connectivity index (χ2v) is 7.65. The zero-order chi connectivity index (χ0) is 21.4. The highest BCUT2D eigenvalue weighted by molar-refractivity contribution is 6.32. The maximum atomic E-state index is 12.8. The number of hydrogen-bond acceptors (Lipinski definition) is 6. The Kier molecular flexibility index (Phi) is 3.75. The molecule has 0 saturated carbocycles. The van der Waals surface area contributed by atoms with E-state index >= 15 is 0 Å². The lowest BCUT2D eigenvalue weighted by Crippen LogP contribution is -2.33. The van der Waals surface area contributed by atoms with Crippen molar-refractivity contribution in [3.8, 4) is 23.0 Å². The normalized spacial score (nSPS) is 15.1. The molecule has 3 aromatic carbocycles. The van der Waals surface area contributed by atoms with Gasteiger partial charge < -0.3 is 24.8 Å². The lowest BCUT2D eigenvalue weighted by Gasteiger charge is -2.36. The smallest absolute Gasteiger partial charge is 0.340 e. The fourth-order valence-corrected chi connectivity index (χ4v) is 4.20. The van der Waals surface area contributed by atoms with Gasteiger partial charge in [-0.05, 0) is 24.3 Å². The van der Waals surface area contributed by atoms with E-state index in [0.717, 1.165) is 0 Å². The SMILES string of the molecule is O=C(O)c1ccc2c(c1)C(=O)OC21c2cc(Cl)c(O)cc2Oc2cc(O)c(Cl)cc21. The van der Waals surface area contributed by atoms with Gasteiger partial charge in [0.2, 0.25) is 0 Å². The summed E-state index contributed by atoms with van der Waals surface area (Å²) in [5.74, 6) is -2.15. The number of aromatic carboxylic acids is 1. The van der Waals surface area contributed by atoms with Crippen molar-refractivity contribution < 1.29 is 34.4 Å². The van der Waals surface area contributed by atoms with Crippen molar-refractivity contribution in [1.82, 2.24) is 0 Å². The largest absolute Gasteiger partial charge is 0.506 e. The molecule has 7 nitrogen and oxygen atoms in total. The minimum Gasteiger partial charge on any atom is -0.506 e. The Bertz CT molecular complexity index is 1240. The molecule has 2 heterocycles. The molecule has 2 aliphatic rings. The van der Waals surface area contributed by atoms with Crippen LogP contribution in [0.15, 0.2) is 42.5 Å². The quantitative estimate of drug-likeness (QED) is 0.467. The third kappa shape index (κ3) is 2.33. The van der Waals surface area contributed by atoms with Gasteiger partial charge in [0.05, 0.1) is 21.2 Å². The third-order valence-electron chi connectivity index (χ3n) is 5.19. The summed E-state index contributed by atoms with van der Waals surface area (Å²) in [6.07, 6.45) is 0. The van der Waals surface area contributed by atoms with Crippen LogP contribution in [0.4, 0.5) is 0 Å². The maximum absolute atomic E-state index is 12.8. The molecule has 150 valence electrons. The lowest BCUT2D eigenvalue weighted by atomic mass is 9.77. The van der Waals surface area contributed by atoms with Gasteiger partial charge in [-0.25, -0.2) is 9.59 Å². The molecule has 0 unspecified atom stereocenters. The number of rotatable bonds is 1. The molecule has 1 spiro atoms. The highest BCUT2D eigenvalue weighted by atomic mass is 35.5. The van der Waals surface area contributed by atoms with Gasteiger partial charge in [0.1, 0.15) is 23.0 Å². The number of fused-ring (bicyclic) bond motifs is 6. The maximum Gasteiger partial charge on any atom is 0.340 e. The van der Waals surface area contributed by atoms with Gasteiger partial charge in [-0.3, -0.25) is 0 Å². The van der Waals surface area contributed by atoms with Crippen molar-refractivity contribution in [2.75, 3.05) is 0 Å². The van der Waals surface area contributed by atoms with Crippen molar-refractivity contribution in [2.24, 2.45) is 0 Å². The van der Waals surface area contributed by atoms with Gasteiger partial charge in [-0.2, -0.15) is 0 Å². The first-order valence-corrected chi connectivity index (χ1v) is 9.33. The van der Waals surface area contributed by atoms with E-state index in [1.54, 1.807) is 0 Å². The van der Waals surface area contributed by atoms with Crippen LogP contribution < -0.4 is 4.74 Å². The van der Waals surface area contributed by atoms with Crippen LogP contribution in [0.1, 0.15) is 37.4 Å². The Hall–Kier alpha value is -3.42. The molecule has 30 heavy (non-hydrogen) atoms. The summed E-state index contributed by atoms with van der Waals surface area (Å²) in [7, 11) is 0. The van der Waals surface area contributed by atoms with E-state index in [0.29, 0.717) is 16.7 Å². The molecule has 0 fully saturated rings. The van der Waals surface area contributed by atoms with E-state index < -0.39 is 17.5 Å². The van der Waals surface area contributed by atoms with Crippen LogP contribution in [0.25, 0.3) is 0 Å². The molecule has 5 rings (SSSR count). The van der Waals surface area contributed by atoms with E-state index in [-0.39, 0.29) is 44.2 Å². The summed E-state index contributed by atoms with van der Waals surface area (Å²) in [4.78, 5) is 24.2. The fraction of sp³-hybridized carbons (Fsp3) is 0.0476. The Morgan fingerprint density at radius 2 is 1.43 bits per heavy atom. The van der Waals surface area contributed by atoms with Crippen LogP contribution in [-0.2, 0) is 10.3 Å². The molecule has 0 aromatic heterocycles. The molecule has 0 amide bonds. The van der Waals surface area contributed by atoms with Gasteiger partial charge in [-0.1, -0.05) is 29.3 Å². The molecule has 0 aliphatic carbocycles. The number of esters is 1. The topological polar surface area (TPSA) is 113 Å². The number of carboxylic acid groups (broad SMARTS) is 1. The minimum absolute atomic E-state index is 0.00305. The highest BCUT2D eigenvalue weighted by Crippen LogP contribution is 2.58. The van der Waals surface area contributed by atoms with E-state index in [4.69, 9.17) is 32.7 Å². The van der Waals surface area contributed by atoms with Crippen molar-refractivity contribution in [1.29, 1.82) is 0 Å². The molecule has 2 aliphatic heterocycles. The first-order valence-electron chi connectivity index (χ1n) is 8.57. The van der Waals surface area contributed by atoms with Crippen molar-refractivity contribution in [2.45, 2.75) is 5.60 Å². The van der Waals surface area contributed by atoms with E-state index in [1.807, 2.05) is 0 Å². The zero-order valence-corrected chi connectivity index (χ0v) is 16.3. The van der Waals surface area contributed by atoms with Crippen LogP contribution in [0.3, 0.4) is 0 Å². The Labute approximate surface area is 178 Å². The summed E-state index contributed by atoms with van der Waals surface area (Å²) in [6, 6.07) is 9.41. The number of aromatic hydroxyl groups is 2. The average Bonchev–Trinajstić information content (AvgIpc) is 2.98. The van der Waals surface area contributed by atoms with Crippen LogP contribution in [0.5, 0.6) is 23.0 Å². The first-order chi connectivity index (χ1) is 14.2. The molecule has 0 bridgehead atoms. The summed E-state index contributed by atoms with van der Waals surface area (Å²) in [6.45, 7) is 0. The second kappa shape index (κ2) is 6.04. The van der Waals surface area contributed by atoms with Crippen LogP contribution in [0, 0.1) is 0 Å². The molecule has 3 aromatic rings. The predicted octanol–water partition coefficient (Wildman–Crippen LogP) is 4.67. The van der Waals surface area contributed by atoms with Crippen LogP contribution in [-0.4, -0.2) is 27.3 Å². The fourth-order valence-electron chi connectivity index (χ4n) is 3.87. The number of ether oxygens (including phenoxy) is 2. The minimum atomic E-state index is -1.57. The van der Waals surface area contributed by atoms with E-state index in [2.05, 4.69) is 0 Å². The number of benzene rings is 3. The molecule has 9 heteroatoms.